The van der Waals surface area contributed by atoms with Crippen molar-refractivity contribution in [3.8, 4) is 0 Å². The minimum atomic E-state index is 0.693. The Balaban J connectivity index is 1.97. The normalized spacial score (nSPS) is 42.2. The molecular formula is C17H28. The molecule has 0 N–H and O–H groups in total. The standard InChI is InChI=1S/C17H28/c1-5-7-8-9-10-14(6-2)16-15-13(3)11-12-17(15,16)4/h7-10,13-16H,5-6,11-12H2,1-4H3. The third kappa shape index (κ3) is 2.23. The van der Waals surface area contributed by atoms with Crippen LogP contribution in [0.25, 0.3) is 0 Å². The molecule has 5 atom stereocenters. The zero-order valence-electron chi connectivity index (χ0n) is 11.9. The fourth-order valence-electron chi connectivity index (χ4n) is 4.38. The van der Waals surface area contributed by atoms with Crippen LogP contribution in [-0.2, 0) is 0 Å². The fraction of sp³-hybridized carbons (Fsp3) is 0.765. The van der Waals surface area contributed by atoms with Crippen molar-refractivity contribution in [3.63, 3.8) is 0 Å². The topological polar surface area (TPSA) is 0 Å². The lowest BCUT2D eigenvalue weighted by atomic mass is 9.88. The van der Waals surface area contributed by atoms with Crippen molar-refractivity contribution < 1.29 is 0 Å². The summed E-state index contributed by atoms with van der Waals surface area (Å²) in [7, 11) is 0. The Morgan fingerprint density at radius 2 is 2.06 bits per heavy atom. The first-order valence-corrected chi connectivity index (χ1v) is 7.48. The molecule has 96 valence electrons. The molecule has 5 unspecified atom stereocenters. The maximum atomic E-state index is 2.53. The molecule has 0 heteroatoms. The van der Waals surface area contributed by atoms with Crippen molar-refractivity contribution in [2.75, 3.05) is 0 Å². The number of hydrogen-bond donors (Lipinski definition) is 0. The van der Waals surface area contributed by atoms with E-state index in [9.17, 15) is 0 Å². The molecule has 2 aliphatic carbocycles. The maximum Gasteiger partial charge on any atom is -0.0196 e. The zero-order valence-corrected chi connectivity index (χ0v) is 11.9. The second-order valence-corrected chi connectivity index (χ2v) is 6.37. The summed E-state index contributed by atoms with van der Waals surface area (Å²) in [5, 5.41) is 0. The van der Waals surface area contributed by atoms with Crippen LogP contribution in [0.3, 0.4) is 0 Å². The molecule has 0 aromatic rings. The van der Waals surface area contributed by atoms with Crippen LogP contribution in [0, 0.1) is 29.1 Å². The van der Waals surface area contributed by atoms with Gasteiger partial charge in [0, 0.05) is 0 Å². The van der Waals surface area contributed by atoms with Crippen LogP contribution in [0.5, 0.6) is 0 Å². The van der Waals surface area contributed by atoms with E-state index in [4.69, 9.17) is 0 Å². The van der Waals surface area contributed by atoms with Gasteiger partial charge in [0.15, 0.2) is 0 Å². The van der Waals surface area contributed by atoms with Gasteiger partial charge in [-0.2, -0.15) is 0 Å². The van der Waals surface area contributed by atoms with E-state index in [0.29, 0.717) is 5.41 Å². The van der Waals surface area contributed by atoms with Gasteiger partial charge in [0.1, 0.15) is 0 Å². The highest BCUT2D eigenvalue weighted by atomic mass is 14.7. The van der Waals surface area contributed by atoms with E-state index >= 15 is 0 Å². The van der Waals surface area contributed by atoms with Gasteiger partial charge in [-0.3, -0.25) is 0 Å². The zero-order chi connectivity index (χ0) is 12.5. The predicted molar refractivity (Wildman–Crippen MR) is 75.8 cm³/mol. The quantitative estimate of drug-likeness (QED) is 0.570. The average molecular weight is 232 g/mol. The molecule has 0 spiro atoms. The van der Waals surface area contributed by atoms with Crippen LogP contribution in [0.4, 0.5) is 0 Å². The number of rotatable bonds is 5. The Hall–Kier alpha value is -0.520. The van der Waals surface area contributed by atoms with Gasteiger partial charge in [-0.05, 0) is 54.8 Å². The highest BCUT2D eigenvalue weighted by molar-refractivity contribution is 5.19. The van der Waals surface area contributed by atoms with Crippen LogP contribution < -0.4 is 0 Å². The van der Waals surface area contributed by atoms with Gasteiger partial charge in [-0.15, -0.1) is 0 Å². The molecule has 0 aliphatic heterocycles. The van der Waals surface area contributed by atoms with E-state index in [0.717, 1.165) is 30.1 Å². The molecule has 2 fully saturated rings. The maximum absolute atomic E-state index is 2.53. The number of fused-ring (bicyclic) bond motifs is 1. The molecule has 0 bridgehead atoms. The lowest BCUT2D eigenvalue weighted by Crippen LogP contribution is -2.08. The monoisotopic (exact) mass is 232 g/mol. The first kappa shape index (κ1) is 12.9. The Morgan fingerprint density at radius 1 is 1.29 bits per heavy atom. The molecule has 0 amide bonds. The van der Waals surface area contributed by atoms with Gasteiger partial charge in [0.2, 0.25) is 0 Å². The lowest BCUT2D eigenvalue weighted by Gasteiger charge is -2.17. The van der Waals surface area contributed by atoms with E-state index in [2.05, 4.69) is 52.0 Å². The van der Waals surface area contributed by atoms with Crippen LogP contribution in [-0.4, -0.2) is 0 Å². The number of allylic oxidation sites excluding steroid dienone is 4. The highest BCUT2D eigenvalue weighted by Crippen LogP contribution is 2.73. The lowest BCUT2D eigenvalue weighted by molar-refractivity contribution is 0.368. The summed E-state index contributed by atoms with van der Waals surface area (Å²) in [5.74, 6) is 3.78. The predicted octanol–water partition coefficient (Wildman–Crippen LogP) is 5.22. The summed E-state index contributed by atoms with van der Waals surface area (Å²) in [4.78, 5) is 0. The first-order valence-electron chi connectivity index (χ1n) is 7.48. The van der Waals surface area contributed by atoms with Crippen molar-refractivity contribution in [2.24, 2.45) is 29.1 Å². The van der Waals surface area contributed by atoms with Gasteiger partial charge in [0.25, 0.3) is 0 Å². The molecule has 17 heavy (non-hydrogen) atoms. The second-order valence-electron chi connectivity index (χ2n) is 6.37. The summed E-state index contributed by atoms with van der Waals surface area (Å²) in [6.07, 6.45) is 14.6. The molecule has 0 nitrogen and oxygen atoms in total. The minimum absolute atomic E-state index is 0.693. The second kappa shape index (κ2) is 5.00. The summed E-state index contributed by atoms with van der Waals surface area (Å²) in [6.45, 7) is 9.53. The molecule has 0 radical (unpaired) electrons. The molecule has 0 aromatic heterocycles. The van der Waals surface area contributed by atoms with Crippen LogP contribution >= 0.6 is 0 Å². The molecule has 0 saturated heterocycles. The Morgan fingerprint density at radius 3 is 2.59 bits per heavy atom. The third-order valence-electron chi connectivity index (χ3n) is 5.33. The minimum Gasteiger partial charge on any atom is -0.0848 e. The van der Waals surface area contributed by atoms with Crippen LogP contribution in [0.1, 0.15) is 53.4 Å². The summed E-state index contributed by atoms with van der Waals surface area (Å²) >= 11 is 0. The summed E-state index contributed by atoms with van der Waals surface area (Å²) in [6, 6.07) is 0. The van der Waals surface area contributed by atoms with Gasteiger partial charge >= 0.3 is 0 Å². The first-order chi connectivity index (χ1) is 8.15. The fourth-order valence-corrected chi connectivity index (χ4v) is 4.38. The average Bonchev–Trinajstić information content (AvgIpc) is 2.82. The van der Waals surface area contributed by atoms with Crippen molar-refractivity contribution in [1.82, 2.24) is 0 Å². The van der Waals surface area contributed by atoms with E-state index in [-0.39, 0.29) is 0 Å². The summed E-state index contributed by atoms with van der Waals surface area (Å²) < 4.78 is 0. The van der Waals surface area contributed by atoms with Gasteiger partial charge in [0.05, 0.1) is 0 Å². The number of hydrogen-bond acceptors (Lipinski definition) is 0. The summed E-state index contributed by atoms with van der Waals surface area (Å²) in [5.41, 5.74) is 0.693. The van der Waals surface area contributed by atoms with E-state index in [1.54, 1.807) is 0 Å². The van der Waals surface area contributed by atoms with Crippen LogP contribution in [0.2, 0.25) is 0 Å². The SMILES string of the molecule is CCC=CC=CC(CC)C1C2C(C)CCC21C. The molecule has 2 aliphatic rings. The van der Waals surface area contributed by atoms with Gasteiger partial charge < -0.3 is 0 Å². The molecule has 0 heterocycles. The highest BCUT2D eigenvalue weighted by Gasteiger charge is 2.67. The van der Waals surface area contributed by atoms with Crippen molar-refractivity contribution >= 4 is 0 Å². The Kier molecular flexibility index (Phi) is 3.80. The molecular weight excluding hydrogens is 204 g/mol. The Labute approximate surface area is 107 Å². The smallest absolute Gasteiger partial charge is 0.0196 e. The largest absolute Gasteiger partial charge is 0.0848 e. The van der Waals surface area contributed by atoms with Gasteiger partial charge in [-0.25, -0.2) is 0 Å². The molecule has 2 saturated carbocycles. The van der Waals surface area contributed by atoms with Crippen LogP contribution in [0.15, 0.2) is 24.3 Å². The third-order valence-corrected chi connectivity index (χ3v) is 5.33. The van der Waals surface area contributed by atoms with Crippen molar-refractivity contribution in [1.29, 1.82) is 0 Å². The van der Waals surface area contributed by atoms with E-state index in [1.165, 1.54) is 19.3 Å². The van der Waals surface area contributed by atoms with Crippen molar-refractivity contribution in [2.45, 2.75) is 53.4 Å². The van der Waals surface area contributed by atoms with E-state index < -0.39 is 0 Å². The van der Waals surface area contributed by atoms with E-state index in [1.807, 2.05) is 0 Å². The Bertz CT molecular complexity index is 312. The molecule has 0 aromatic carbocycles. The molecule has 2 rings (SSSR count). The van der Waals surface area contributed by atoms with Crippen molar-refractivity contribution in [3.05, 3.63) is 24.3 Å². The van der Waals surface area contributed by atoms with Gasteiger partial charge in [-0.1, -0.05) is 52.0 Å².